The van der Waals surface area contributed by atoms with E-state index in [1.54, 1.807) is 0 Å². The molecule has 0 aliphatic heterocycles. The smallest absolute Gasteiger partial charge is 0.298 e. The molecule has 3 aromatic rings. The number of fused-ring (bicyclic) bond motifs is 1. The molecule has 0 unspecified atom stereocenters. The molecule has 0 atom stereocenters. The van der Waals surface area contributed by atoms with Crippen molar-refractivity contribution in [1.82, 2.24) is 0 Å². The van der Waals surface area contributed by atoms with Crippen molar-refractivity contribution in [2.45, 2.75) is 9.79 Å². The van der Waals surface area contributed by atoms with Gasteiger partial charge in [-0.25, -0.2) is 0 Å². The molecule has 4 N–H and O–H groups in total. The molecule has 1 aromatic heterocycles. The Labute approximate surface area is 151 Å². The molecule has 0 saturated heterocycles. The van der Waals surface area contributed by atoms with Gasteiger partial charge in [0, 0.05) is 6.07 Å². The highest BCUT2D eigenvalue weighted by Crippen LogP contribution is 2.35. The lowest BCUT2D eigenvalue weighted by molar-refractivity contribution is 0.423. The largest absolute Gasteiger partial charge is 0.508 e. The maximum Gasteiger partial charge on any atom is 0.298 e. The highest BCUT2D eigenvalue weighted by Gasteiger charge is 2.27. The number of benzene rings is 2. The minimum absolute atomic E-state index is 0.00698. The summed E-state index contributed by atoms with van der Waals surface area (Å²) in [6.45, 7) is 0. The summed E-state index contributed by atoms with van der Waals surface area (Å²) in [6, 6.07) is 4.89. The fourth-order valence-electron chi connectivity index (χ4n) is 2.45. The second-order valence-electron chi connectivity index (χ2n) is 5.43. The molecule has 2 aromatic carbocycles. The molecular formula is C15H10O10S2. The van der Waals surface area contributed by atoms with Crippen LogP contribution < -0.4 is 5.43 Å². The summed E-state index contributed by atoms with van der Waals surface area (Å²) < 4.78 is 69.4. The molecule has 0 spiro atoms. The normalized spacial score (nSPS) is 12.4. The van der Waals surface area contributed by atoms with Gasteiger partial charge < -0.3 is 14.6 Å². The average Bonchev–Trinajstić information content (AvgIpc) is 2.53. The maximum absolute atomic E-state index is 12.6. The summed E-state index contributed by atoms with van der Waals surface area (Å²) in [5.41, 5.74) is -1.39. The van der Waals surface area contributed by atoms with Crippen LogP contribution in [0.5, 0.6) is 11.5 Å². The number of phenols is 2. The van der Waals surface area contributed by atoms with E-state index in [1.165, 1.54) is 12.1 Å². The van der Waals surface area contributed by atoms with Gasteiger partial charge in [0.25, 0.3) is 20.2 Å². The number of rotatable bonds is 3. The van der Waals surface area contributed by atoms with E-state index in [1.807, 2.05) is 0 Å². The van der Waals surface area contributed by atoms with Gasteiger partial charge >= 0.3 is 0 Å². The lowest BCUT2D eigenvalue weighted by Gasteiger charge is -2.10. The van der Waals surface area contributed by atoms with E-state index < -0.39 is 41.2 Å². The van der Waals surface area contributed by atoms with Gasteiger partial charge in [0.2, 0.25) is 0 Å². The number of aromatic hydroxyl groups is 2. The van der Waals surface area contributed by atoms with Crippen LogP contribution >= 0.6 is 0 Å². The molecule has 0 radical (unpaired) electrons. The van der Waals surface area contributed by atoms with Gasteiger partial charge in [-0.05, 0) is 29.8 Å². The van der Waals surface area contributed by atoms with Crippen LogP contribution in [0, 0.1) is 0 Å². The molecular weight excluding hydrogens is 404 g/mol. The van der Waals surface area contributed by atoms with E-state index in [2.05, 4.69) is 0 Å². The molecule has 0 bridgehead atoms. The zero-order valence-electron chi connectivity index (χ0n) is 13.0. The van der Waals surface area contributed by atoms with Crippen LogP contribution in [0.15, 0.2) is 55.6 Å². The Morgan fingerprint density at radius 2 is 1.41 bits per heavy atom. The van der Waals surface area contributed by atoms with Crippen molar-refractivity contribution < 1.29 is 40.6 Å². The topological polar surface area (TPSA) is 179 Å². The third kappa shape index (κ3) is 3.38. The van der Waals surface area contributed by atoms with Gasteiger partial charge in [-0.1, -0.05) is 0 Å². The minimum Gasteiger partial charge on any atom is -0.508 e. The van der Waals surface area contributed by atoms with Gasteiger partial charge in [-0.15, -0.1) is 0 Å². The Balaban J connectivity index is 2.42. The summed E-state index contributed by atoms with van der Waals surface area (Å²) in [5.74, 6) is -1.58. The number of hydrogen-bond donors (Lipinski definition) is 4. The molecule has 142 valence electrons. The predicted molar refractivity (Wildman–Crippen MR) is 90.9 cm³/mol. The van der Waals surface area contributed by atoms with Gasteiger partial charge in [0.15, 0.2) is 11.2 Å². The lowest BCUT2D eigenvalue weighted by atomic mass is 10.1. The van der Waals surface area contributed by atoms with E-state index >= 15 is 0 Å². The van der Waals surface area contributed by atoms with Crippen molar-refractivity contribution >= 4 is 31.2 Å². The Morgan fingerprint density at radius 1 is 0.852 bits per heavy atom. The van der Waals surface area contributed by atoms with Crippen molar-refractivity contribution in [2.24, 2.45) is 0 Å². The van der Waals surface area contributed by atoms with Gasteiger partial charge in [0.05, 0.1) is 10.9 Å². The zero-order chi connectivity index (χ0) is 20.1. The van der Waals surface area contributed by atoms with E-state index in [9.17, 15) is 40.9 Å². The summed E-state index contributed by atoms with van der Waals surface area (Å²) in [6.07, 6.45) is 0.873. The molecule has 0 saturated carbocycles. The minimum atomic E-state index is -5.10. The predicted octanol–water partition coefficient (Wildman–Crippen LogP) is 1.36. The second kappa shape index (κ2) is 6.06. The fourth-order valence-corrected chi connectivity index (χ4v) is 3.77. The molecule has 1 heterocycles. The summed E-state index contributed by atoms with van der Waals surface area (Å²) in [4.78, 5) is 10.2. The van der Waals surface area contributed by atoms with Crippen LogP contribution in [-0.4, -0.2) is 36.2 Å². The van der Waals surface area contributed by atoms with Crippen molar-refractivity contribution in [1.29, 1.82) is 0 Å². The summed E-state index contributed by atoms with van der Waals surface area (Å²) in [7, 11) is -10.2. The van der Waals surface area contributed by atoms with E-state index in [-0.39, 0.29) is 27.8 Å². The van der Waals surface area contributed by atoms with Gasteiger partial charge in [0.1, 0.15) is 27.4 Å². The quantitative estimate of drug-likeness (QED) is 0.457. The van der Waals surface area contributed by atoms with Crippen LogP contribution in [0.2, 0.25) is 0 Å². The molecule has 3 rings (SSSR count). The van der Waals surface area contributed by atoms with Crippen molar-refractivity contribution in [3.63, 3.8) is 0 Å². The Kier molecular flexibility index (Phi) is 4.23. The Morgan fingerprint density at radius 3 is 1.93 bits per heavy atom. The lowest BCUT2D eigenvalue weighted by Crippen LogP contribution is -2.08. The number of phenolic OH excluding ortho intramolecular Hbond substituents is 2. The monoisotopic (exact) mass is 414 g/mol. The first-order valence-corrected chi connectivity index (χ1v) is 9.84. The molecule has 0 fully saturated rings. The third-order valence-corrected chi connectivity index (χ3v) is 5.40. The van der Waals surface area contributed by atoms with Crippen LogP contribution in [0.1, 0.15) is 0 Å². The standard InChI is InChI=1S/C15H10O10S2/c16-8-1-2-9-11(5-8)25-6-10(14(9)17)7-3-12(26(19,20)21)15(18)13(4-7)27(22,23)24/h1-6,16,18H,(H,19,20,21)(H,22,23,24). The van der Waals surface area contributed by atoms with E-state index in [0.29, 0.717) is 12.1 Å². The Bertz CT molecular complexity index is 1300. The molecule has 0 amide bonds. The number of hydrogen-bond acceptors (Lipinski definition) is 8. The second-order valence-corrected chi connectivity index (χ2v) is 8.21. The van der Waals surface area contributed by atoms with Crippen LogP contribution in [-0.2, 0) is 20.2 Å². The van der Waals surface area contributed by atoms with E-state index in [0.717, 1.165) is 12.3 Å². The van der Waals surface area contributed by atoms with Crippen LogP contribution in [0.25, 0.3) is 22.1 Å². The molecule has 10 nitrogen and oxygen atoms in total. The van der Waals surface area contributed by atoms with E-state index in [4.69, 9.17) is 4.42 Å². The fraction of sp³-hybridized carbons (Fsp3) is 0. The first kappa shape index (κ1) is 18.8. The molecule has 27 heavy (non-hydrogen) atoms. The zero-order valence-corrected chi connectivity index (χ0v) is 14.7. The highest BCUT2D eigenvalue weighted by atomic mass is 32.2. The molecule has 0 aliphatic rings. The first-order valence-electron chi connectivity index (χ1n) is 6.96. The van der Waals surface area contributed by atoms with Crippen molar-refractivity contribution in [3.05, 3.63) is 46.8 Å². The van der Waals surface area contributed by atoms with Crippen molar-refractivity contribution in [3.8, 4) is 22.6 Å². The highest BCUT2D eigenvalue weighted by molar-refractivity contribution is 7.86. The SMILES string of the molecule is O=c1c(-c2cc(S(=O)(=O)O)c(O)c(S(=O)(=O)O)c2)coc2cc(O)ccc12. The summed E-state index contributed by atoms with van der Waals surface area (Å²) in [5, 5.41) is 19.2. The molecule has 0 aliphatic carbocycles. The van der Waals surface area contributed by atoms with Crippen molar-refractivity contribution in [2.75, 3.05) is 0 Å². The van der Waals surface area contributed by atoms with Gasteiger partial charge in [-0.2, -0.15) is 16.8 Å². The van der Waals surface area contributed by atoms with Crippen LogP contribution in [0.3, 0.4) is 0 Å². The maximum atomic E-state index is 12.6. The van der Waals surface area contributed by atoms with Gasteiger partial charge in [-0.3, -0.25) is 13.9 Å². The van der Waals surface area contributed by atoms with Crippen LogP contribution in [0.4, 0.5) is 0 Å². The Hall–Kier alpha value is -2.93. The first-order chi connectivity index (χ1) is 12.4. The average molecular weight is 414 g/mol. The molecule has 12 heteroatoms. The summed E-state index contributed by atoms with van der Waals surface area (Å²) >= 11 is 0. The third-order valence-electron chi connectivity index (χ3n) is 3.66.